The molecule has 0 atom stereocenters. The van der Waals surface area contributed by atoms with E-state index in [1.54, 1.807) is 14.2 Å². The van der Waals surface area contributed by atoms with Gasteiger partial charge >= 0.3 is 0 Å². The normalized spacial score (nSPS) is 9.64. The maximum absolute atomic E-state index is 5.54. The molecule has 0 aliphatic carbocycles. The summed E-state index contributed by atoms with van der Waals surface area (Å²) in [5.41, 5.74) is 0. The third-order valence-corrected chi connectivity index (χ3v) is 1.86. The Balaban J connectivity index is 2.93. The molecule has 3 nitrogen and oxygen atoms in total. The first-order chi connectivity index (χ1) is 6.83. The molecule has 0 amide bonds. The van der Waals surface area contributed by atoms with Crippen LogP contribution in [-0.2, 0) is 0 Å². The zero-order chi connectivity index (χ0) is 10.4. The molecule has 0 saturated carbocycles. The topological polar surface area (TPSA) is 27.7 Å². The third-order valence-electron chi connectivity index (χ3n) is 1.71. The van der Waals surface area contributed by atoms with E-state index in [9.17, 15) is 0 Å². The van der Waals surface area contributed by atoms with Gasteiger partial charge in [-0.25, -0.2) is 0 Å². The molecule has 1 rings (SSSR count). The van der Waals surface area contributed by atoms with Crippen LogP contribution in [0.25, 0.3) is 0 Å². The van der Waals surface area contributed by atoms with E-state index in [0.29, 0.717) is 29.7 Å². The molecule has 14 heavy (non-hydrogen) atoms. The Hall–Kier alpha value is -1.09. The maximum atomic E-state index is 5.54. The molecule has 0 spiro atoms. The van der Waals surface area contributed by atoms with E-state index < -0.39 is 0 Å². The van der Waals surface area contributed by atoms with Crippen LogP contribution in [0.2, 0.25) is 0 Å². The number of rotatable bonds is 5. The molecule has 0 radical (unpaired) electrons. The largest absolute Gasteiger partial charge is 0.493 e. The summed E-state index contributed by atoms with van der Waals surface area (Å²) in [6.07, 6.45) is 0. The molecular weight excluding hydrogens is 204 g/mol. The van der Waals surface area contributed by atoms with Crippen LogP contribution < -0.4 is 14.2 Å². The van der Waals surface area contributed by atoms with Crippen LogP contribution in [0.4, 0.5) is 0 Å². The summed E-state index contributed by atoms with van der Waals surface area (Å²) >= 11 is 5.54. The molecule has 0 aliphatic heterocycles. The van der Waals surface area contributed by atoms with Crippen LogP contribution in [0.1, 0.15) is 0 Å². The van der Waals surface area contributed by atoms with E-state index in [-0.39, 0.29) is 0 Å². The molecule has 0 saturated heterocycles. The highest BCUT2D eigenvalue weighted by Gasteiger charge is 2.10. The quantitative estimate of drug-likeness (QED) is 0.707. The van der Waals surface area contributed by atoms with Gasteiger partial charge in [0.15, 0.2) is 11.5 Å². The van der Waals surface area contributed by atoms with Crippen molar-refractivity contribution in [2.45, 2.75) is 0 Å². The molecule has 0 fully saturated rings. The van der Waals surface area contributed by atoms with Gasteiger partial charge in [0.2, 0.25) is 5.75 Å². The van der Waals surface area contributed by atoms with Crippen LogP contribution >= 0.6 is 11.6 Å². The zero-order valence-electron chi connectivity index (χ0n) is 8.25. The minimum Gasteiger partial charge on any atom is -0.493 e. The van der Waals surface area contributed by atoms with Crippen molar-refractivity contribution in [3.05, 3.63) is 18.2 Å². The molecule has 1 aromatic rings. The van der Waals surface area contributed by atoms with Crippen molar-refractivity contribution in [1.29, 1.82) is 0 Å². The van der Waals surface area contributed by atoms with Crippen molar-refractivity contribution in [3.8, 4) is 17.2 Å². The molecule has 0 N–H and O–H groups in total. The summed E-state index contributed by atoms with van der Waals surface area (Å²) in [5.74, 6) is 2.32. The summed E-state index contributed by atoms with van der Waals surface area (Å²) in [4.78, 5) is 0. The average Bonchev–Trinajstić information content (AvgIpc) is 2.25. The molecule has 4 heteroatoms. The van der Waals surface area contributed by atoms with Gasteiger partial charge < -0.3 is 14.2 Å². The number of hydrogen-bond acceptors (Lipinski definition) is 3. The van der Waals surface area contributed by atoms with Crippen molar-refractivity contribution in [3.63, 3.8) is 0 Å². The number of ether oxygens (including phenoxy) is 3. The smallest absolute Gasteiger partial charge is 0.203 e. The summed E-state index contributed by atoms with van der Waals surface area (Å²) in [5, 5.41) is 0. The number of halogens is 1. The van der Waals surface area contributed by atoms with Gasteiger partial charge in [-0.15, -0.1) is 11.6 Å². The van der Waals surface area contributed by atoms with Crippen LogP contribution in [0.5, 0.6) is 17.2 Å². The second-order valence-corrected chi connectivity index (χ2v) is 2.91. The van der Waals surface area contributed by atoms with Gasteiger partial charge in [0.1, 0.15) is 6.61 Å². The lowest BCUT2D eigenvalue weighted by molar-refractivity contribution is 0.290. The van der Waals surface area contributed by atoms with Crippen LogP contribution in [0.3, 0.4) is 0 Å². The highest BCUT2D eigenvalue weighted by Crippen LogP contribution is 2.36. The van der Waals surface area contributed by atoms with E-state index in [4.69, 9.17) is 25.8 Å². The average molecular weight is 217 g/mol. The van der Waals surface area contributed by atoms with Crippen molar-refractivity contribution in [2.75, 3.05) is 26.7 Å². The van der Waals surface area contributed by atoms with Gasteiger partial charge in [0, 0.05) is 0 Å². The van der Waals surface area contributed by atoms with Gasteiger partial charge in [-0.1, -0.05) is 6.07 Å². The third kappa shape index (κ3) is 2.45. The SMILES string of the molecule is COc1cccc(OC)c1OCCCl. The second kappa shape index (κ2) is 5.60. The van der Waals surface area contributed by atoms with Gasteiger partial charge in [-0.3, -0.25) is 0 Å². The number of para-hydroxylation sites is 1. The highest BCUT2D eigenvalue weighted by molar-refractivity contribution is 6.18. The molecule has 0 aliphatic rings. The van der Waals surface area contributed by atoms with Crippen LogP contribution in [0, 0.1) is 0 Å². The fourth-order valence-corrected chi connectivity index (χ4v) is 1.18. The first-order valence-electron chi connectivity index (χ1n) is 4.23. The Labute approximate surface area is 88.5 Å². The summed E-state index contributed by atoms with van der Waals surface area (Å²) in [6, 6.07) is 5.46. The zero-order valence-corrected chi connectivity index (χ0v) is 9.00. The van der Waals surface area contributed by atoms with Gasteiger partial charge in [-0.05, 0) is 12.1 Å². The predicted octanol–water partition coefficient (Wildman–Crippen LogP) is 2.32. The number of hydrogen-bond donors (Lipinski definition) is 0. The first-order valence-corrected chi connectivity index (χ1v) is 4.76. The van der Waals surface area contributed by atoms with Gasteiger partial charge in [-0.2, -0.15) is 0 Å². The second-order valence-electron chi connectivity index (χ2n) is 2.53. The fourth-order valence-electron chi connectivity index (χ4n) is 1.10. The molecule has 1 aromatic carbocycles. The number of alkyl halides is 1. The highest BCUT2D eigenvalue weighted by atomic mass is 35.5. The molecule has 0 unspecified atom stereocenters. The maximum Gasteiger partial charge on any atom is 0.203 e. The fraction of sp³-hybridized carbons (Fsp3) is 0.400. The van der Waals surface area contributed by atoms with Crippen molar-refractivity contribution < 1.29 is 14.2 Å². The predicted molar refractivity (Wildman–Crippen MR) is 55.8 cm³/mol. The van der Waals surface area contributed by atoms with Gasteiger partial charge in [0.25, 0.3) is 0 Å². The lowest BCUT2D eigenvalue weighted by Gasteiger charge is -2.12. The van der Waals surface area contributed by atoms with Crippen LogP contribution in [-0.4, -0.2) is 26.7 Å². The van der Waals surface area contributed by atoms with Crippen LogP contribution in [0.15, 0.2) is 18.2 Å². The number of methoxy groups -OCH3 is 2. The van der Waals surface area contributed by atoms with E-state index in [1.807, 2.05) is 18.2 Å². The van der Waals surface area contributed by atoms with E-state index in [2.05, 4.69) is 0 Å². The Morgan fingerprint density at radius 1 is 1.14 bits per heavy atom. The molecular formula is C10H13ClO3. The van der Waals surface area contributed by atoms with Crippen molar-refractivity contribution in [2.24, 2.45) is 0 Å². The van der Waals surface area contributed by atoms with E-state index >= 15 is 0 Å². The van der Waals surface area contributed by atoms with E-state index in [0.717, 1.165) is 0 Å². The lowest BCUT2D eigenvalue weighted by atomic mass is 10.3. The summed E-state index contributed by atoms with van der Waals surface area (Å²) in [7, 11) is 3.17. The first kappa shape index (κ1) is 11.0. The Bertz CT molecular complexity index is 266. The number of benzene rings is 1. The van der Waals surface area contributed by atoms with Gasteiger partial charge in [0.05, 0.1) is 20.1 Å². The minimum absolute atomic E-state index is 0.429. The lowest BCUT2D eigenvalue weighted by Crippen LogP contribution is -2.01. The Kier molecular flexibility index (Phi) is 4.40. The Morgan fingerprint density at radius 2 is 1.71 bits per heavy atom. The van der Waals surface area contributed by atoms with Crippen molar-refractivity contribution in [1.82, 2.24) is 0 Å². The van der Waals surface area contributed by atoms with Crippen molar-refractivity contribution >= 4 is 11.6 Å². The minimum atomic E-state index is 0.429. The standard InChI is InChI=1S/C10H13ClO3/c1-12-8-4-3-5-9(13-2)10(8)14-7-6-11/h3-5H,6-7H2,1-2H3. The molecule has 0 bridgehead atoms. The monoisotopic (exact) mass is 216 g/mol. The molecule has 0 aromatic heterocycles. The van der Waals surface area contributed by atoms with E-state index in [1.165, 1.54) is 0 Å². The molecule has 0 heterocycles. The molecule has 78 valence electrons. The summed E-state index contributed by atoms with van der Waals surface area (Å²) in [6.45, 7) is 0.429. The Morgan fingerprint density at radius 3 is 2.14 bits per heavy atom. The summed E-state index contributed by atoms with van der Waals surface area (Å²) < 4.78 is 15.7.